The molecule has 2 amide bonds. The molecule has 1 aliphatic heterocycles. The number of alkyl halides is 3. The molecule has 0 unspecified atom stereocenters. The molecule has 2 aromatic rings. The van der Waals surface area contributed by atoms with Crippen molar-refractivity contribution in [3.05, 3.63) is 69.3 Å². The highest BCUT2D eigenvalue weighted by Crippen LogP contribution is 2.38. The third kappa shape index (κ3) is 4.73. The first-order valence-corrected chi connectivity index (χ1v) is 9.99. The van der Waals surface area contributed by atoms with Crippen LogP contribution in [0.3, 0.4) is 0 Å². The Balaban J connectivity index is 1.90. The molecule has 11 heteroatoms. The van der Waals surface area contributed by atoms with Gasteiger partial charge < -0.3 is 10.1 Å². The van der Waals surface area contributed by atoms with Crippen molar-refractivity contribution < 1.29 is 32.3 Å². The average molecular weight is 487 g/mol. The second kappa shape index (κ2) is 9.22. The van der Waals surface area contributed by atoms with E-state index in [2.05, 4.69) is 5.32 Å². The molecule has 0 radical (unpaired) electrons. The molecular weight excluding hydrogens is 472 g/mol. The van der Waals surface area contributed by atoms with Gasteiger partial charge in [0.25, 0.3) is 11.8 Å². The molecule has 6 nitrogen and oxygen atoms in total. The van der Waals surface area contributed by atoms with Crippen molar-refractivity contribution in [3.63, 3.8) is 0 Å². The highest BCUT2D eigenvalue weighted by Gasteiger charge is 2.41. The van der Waals surface area contributed by atoms with Gasteiger partial charge in [0.05, 0.1) is 28.4 Å². The van der Waals surface area contributed by atoms with Crippen LogP contribution < -0.4 is 10.2 Å². The smallest absolute Gasteiger partial charge is 0.416 e. The Bertz CT molecular complexity index is 1130. The molecule has 1 N–H and O–H groups in total. The van der Waals surface area contributed by atoms with Crippen molar-refractivity contribution in [2.24, 2.45) is 0 Å². The fourth-order valence-corrected chi connectivity index (χ4v) is 3.25. The number of benzene rings is 2. The molecule has 0 spiro atoms. The molecule has 2 aromatic carbocycles. The molecule has 0 aliphatic carbocycles. The van der Waals surface area contributed by atoms with Gasteiger partial charge in [-0.1, -0.05) is 36.2 Å². The van der Waals surface area contributed by atoms with Crippen LogP contribution >= 0.6 is 23.2 Å². The summed E-state index contributed by atoms with van der Waals surface area (Å²) in [6.45, 7) is 2.07. The standard InChI is InChI=1S/C21H15Cl2F3N2O4/c1-2-8-32-20(31)11-4-3-5-13(9-11)27-17-16(23)18(29)28(19(17)30)15-10-12(21(24,25)26)6-7-14(15)22/h3-7,9-10,27H,2,8H2,1H3. The van der Waals surface area contributed by atoms with Crippen molar-refractivity contribution in [2.45, 2.75) is 19.5 Å². The predicted octanol–water partition coefficient (Wildman–Crippen LogP) is 5.36. The van der Waals surface area contributed by atoms with Gasteiger partial charge in [-0.05, 0) is 42.8 Å². The molecule has 32 heavy (non-hydrogen) atoms. The summed E-state index contributed by atoms with van der Waals surface area (Å²) in [5.74, 6) is -2.62. The third-order valence-corrected chi connectivity index (χ3v) is 5.02. The number of hydrogen-bond donors (Lipinski definition) is 1. The summed E-state index contributed by atoms with van der Waals surface area (Å²) < 4.78 is 44.3. The molecule has 0 bridgehead atoms. The van der Waals surface area contributed by atoms with Crippen molar-refractivity contribution in [3.8, 4) is 0 Å². The number of anilines is 2. The molecular formula is C21H15Cl2F3N2O4. The summed E-state index contributed by atoms with van der Waals surface area (Å²) in [4.78, 5) is 38.0. The van der Waals surface area contributed by atoms with E-state index in [0.29, 0.717) is 17.4 Å². The molecule has 0 atom stereocenters. The Hall–Kier alpha value is -3.04. The van der Waals surface area contributed by atoms with Gasteiger partial charge in [-0.3, -0.25) is 9.59 Å². The van der Waals surface area contributed by atoms with Crippen LogP contribution in [0, 0.1) is 0 Å². The van der Waals surface area contributed by atoms with E-state index >= 15 is 0 Å². The van der Waals surface area contributed by atoms with Crippen LogP contribution in [-0.4, -0.2) is 24.4 Å². The van der Waals surface area contributed by atoms with Gasteiger partial charge >= 0.3 is 12.1 Å². The maximum Gasteiger partial charge on any atom is 0.416 e. The number of rotatable bonds is 6. The fourth-order valence-electron chi connectivity index (χ4n) is 2.84. The van der Waals surface area contributed by atoms with Crippen molar-refractivity contribution in [1.29, 1.82) is 0 Å². The highest BCUT2D eigenvalue weighted by atomic mass is 35.5. The lowest BCUT2D eigenvalue weighted by Crippen LogP contribution is -2.32. The van der Waals surface area contributed by atoms with E-state index in [9.17, 15) is 27.6 Å². The summed E-state index contributed by atoms with van der Waals surface area (Å²) in [6, 6.07) is 8.16. The first-order chi connectivity index (χ1) is 15.0. The van der Waals surface area contributed by atoms with Crippen LogP contribution in [0.5, 0.6) is 0 Å². The van der Waals surface area contributed by atoms with Gasteiger partial charge in [0, 0.05) is 5.69 Å². The highest BCUT2D eigenvalue weighted by molar-refractivity contribution is 6.53. The number of ether oxygens (including phenoxy) is 1. The lowest BCUT2D eigenvalue weighted by molar-refractivity contribution is -0.137. The van der Waals surface area contributed by atoms with E-state index < -0.39 is 40.2 Å². The number of nitrogens with one attached hydrogen (secondary N) is 1. The molecule has 0 saturated heterocycles. The number of imide groups is 1. The number of esters is 1. The normalized spacial score (nSPS) is 14.2. The Kier molecular flexibility index (Phi) is 6.80. The van der Waals surface area contributed by atoms with E-state index in [1.165, 1.54) is 24.3 Å². The van der Waals surface area contributed by atoms with Crippen LogP contribution in [-0.2, 0) is 20.5 Å². The first-order valence-electron chi connectivity index (χ1n) is 9.24. The van der Waals surface area contributed by atoms with Gasteiger partial charge in [0.2, 0.25) is 0 Å². The maximum atomic E-state index is 13.1. The van der Waals surface area contributed by atoms with E-state index in [-0.39, 0.29) is 28.6 Å². The van der Waals surface area contributed by atoms with Crippen molar-refractivity contribution in [1.82, 2.24) is 0 Å². The topological polar surface area (TPSA) is 75.7 Å². The lowest BCUT2D eigenvalue weighted by atomic mass is 10.1. The van der Waals surface area contributed by atoms with Crippen LogP contribution in [0.1, 0.15) is 29.3 Å². The van der Waals surface area contributed by atoms with Crippen LogP contribution in [0.2, 0.25) is 5.02 Å². The molecule has 3 rings (SSSR count). The molecule has 168 valence electrons. The molecule has 0 fully saturated rings. The number of amides is 2. The minimum atomic E-state index is -4.71. The Morgan fingerprint density at radius 3 is 2.47 bits per heavy atom. The molecule has 1 heterocycles. The number of carbonyl (C=O) groups is 3. The second-order valence-electron chi connectivity index (χ2n) is 6.64. The van der Waals surface area contributed by atoms with Gasteiger partial charge in [0.1, 0.15) is 10.7 Å². The molecule has 0 saturated carbocycles. The van der Waals surface area contributed by atoms with Gasteiger partial charge in [-0.2, -0.15) is 13.2 Å². The summed E-state index contributed by atoms with van der Waals surface area (Å²) >= 11 is 12.0. The maximum absolute atomic E-state index is 13.1. The Morgan fingerprint density at radius 2 is 1.81 bits per heavy atom. The Labute approximate surface area is 190 Å². The number of hydrogen-bond acceptors (Lipinski definition) is 5. The van der Waals surface area contributed by atoms with Gasteiger partial charge in [-0.15, -0.1) is 0 Å². The zero-order valence-corrected chi connectivity index (χ0v) is 17.9. The van der Waals surface area contributed by atoms with Gasteiger partial charge in [0.15, 0.2) is 0 Å². The summed E-state index contributed by atoms with van der Waals surface area (Å²) in [6.07, 6.45) is -4.08. The first kappa shape index (κ1) is 23.6. The van der Waals surface area contributed by atoms with Crippen LogP contribution in [0.15, 0.2) is 53.2 Å². The zero-order valence-electron chi connectivity index (χ0n) is 16.4. The predicted molar refractivity (Wildman–Crippen MR) is 112 cm³/mol. The van der Waals surface area contributed by atoms with Crippen molar-refractivity contribution in [2.75, 3.05) is 16.8 Å². The van der Waals surface area contributed by atoms with Crippen LogP contribution in [0.4, 0.5) is 24.5 Å². The zero-order chi connectivity index (χ0) is 23.6. The van der Waals surface area contributed by atoms with Crippen molar-refractivity contribution >= 4 is 52.4 Å². The largest absolute Gasteiger partial charge is 0.462 e. The summed E-state index contributed by atoms with van der Waals surface area (Å²) in [7, 11) is 0. The average Bonchev–Trinajstić information content (AvgIpc) is 2.95. The molecule has 1 aliphatic rings. The van der Waals surface area contributed by atoms with E-state index in [1.54, 1.807) is 0 Å². The minimum Gasteiger partial charge on any atom is -0.462 e. The number of nitrogens with zero attached hydrogens (tertiary/aromatic N) is 1. The van der Waals surface area contributed by atoms with Crippen LogP contribution in [0.25, 0.3) is 0 Å². The molecule has 0 aromatic heterocycles. The fraction of sp³-hybridized carbons (Fsp3) is 0.190. The lowest BCUT2D eigenvalue weighted by Gasteiger charge is -2.18. The van der Waals surface area contributed by atoms with Gasteiger partial charge in [-0.25, -0.2) is 9.69 Å². The Morgan fingerprint density at radius 1 is 1.09 bits per heavy atom. The summed E-state index contributed by atoms with van der Waals surface area (Å²) in [5, 5.41) is 1.87. The monoisotopic (exact) mass is 486 g/mol. The minimum absolute atomic E-state index is 0.190. The summed E-state index contributed by atoms with van der Waals surface area (Å²) in [5.41, 5.74) is -1.49. The number of carbonyl (C=O) groups excluding carboxylic acids is 3. The van der Waals surface area contributed by atoms with E-state index in [1.807, 2.05) is 6.92 Å². The van der Waals surface area contributed by atoms with E-state index in [4.69, 9.17) is 27.9 Å². The quantitative estimate of drug-likeness (QED) is 0.439. The SMILES string of the molecule is CCCOC(=O)c1cccc(NC2=C(Cl)C(=O)N(c3cc(C(F)(F)F)ccc3Cl)C2=O)c1. The third-order valence-electron chi connectivity index (χ3n) is 4.35. The second-order valence-corrected chi connectivity index (χ2v) is 7.43. The number of halogens is 5. The van der Waals surface area contributed by atoms with E-state index in [0.717, 1.165) is 12.1 Å².